The van der Waals surface area contributed by atoms with Gasteiger partial charge in [-0.25, -0.2) is 0 Å². The standard InChI is InChI=1S/C8H10O3/c1-10-8(11-2)6-4-3-5-7(8)9/h3-6H,1-2H3. The highest BCUT2D eigenvalue weighted by Gasteiger charge is 2.34. The largest absolute Gasteiger partial charge is 0.344 e. The third-order valence-electron chi connectivity index (χ3n) is 1.62. The van der Waals surface area contributed by atoms with E-state index in [-0.39, 0.29) is 5.78 Å². The van der Waals surface area contributed by atoms with Crippen LogP contribution in [0, 0.1) is 0 Å². The molecule has 0 atom stereocenters. The molecule has 0 N–H and O–H groups in total. The van der Waals surface area contributed by atoms with E-state index in [1.54, 1.807) is 18.2 Å². The lowest BCUT2D eigenvalue weighted by molar-refractivity contribution is -0.181. The Hall–Kier alpha value is -0.930. The van der Waals surface area contributed by atoms with Crippen molar-refractivity contribution in [3.63, 3.8) is 0 Å². The summed E-state index contributed by atoms with van der Waals surface area (Å²) in [5.74, 6) is -1.38. The average molecular weight is 154 g/mol. The number of carbonyl (C=O) groups excluding carboxylic acids is 1. The molecule has 0 amide bonds. The summed E-state index contributed by atoms with van der Waals surface area (Å²) in [6, 6.07) is 0. The van der Waals surface area contributed by atoms with E-state index in [4.69, 9.17) is 9.47 Å². The number of hydrogen-bond acceptors (Lipinski definition) is 3. The van der Waals surface area contributed by atoms with Crippen LogP contribution in [0.2, 0.25) is 0 Å². The van der Waals surface area contributed by atoms with Gasteiger partial charge in [0.05, 0.1) is 0 Å². The molecular weight excluding hydrogens is 144 g/mol. The number of allylic oxidation sites excluding steroid dienone is 2. The minimum atomic E-state index is -1.19. The Morgan fingerprint density at radius 1 is 1.27 bits per heavy atom. The Kier molecular flexibility index (Phi) is 2.22. The predicted octanol–water partition coefficient (Wildman–Crippen LogP) is 0.671. The zero-order valence-corrected chi connectivity index (χ0v) is 6.53. The van der Waals surface area contributed by atoms with Gasteiger partial charge in [0.25, 0.3) is 5.79 Å². The van der Waals surface area contributed by atoms with E-state index in [1.165, 1.54) is 20.3 Å². The molecular formula is C8H10O3. The molecule has 3 nitrogen and oxygen atoms in total. The molecule has 0 fully saturated rings. The Labute approximate surface area is 65.3 Å². The summed E-state index contributed by atoms with van der Waals surface area (Å²) >= 11 is 0. The van der Waals surface area contributed by atoms with Crippen molar-refractivity contribution in [1.82, 2.24) is 0 Å². The normalized spacial score (nSPS) is 20.7. The van der Waals surface area contributed by atoms with E-state index in [2.05, 4.69) is 0 Å². The van der Waals surface area contributed by atoms with Crippen LogP contribution in [0.1, 0.15) is 0 Å². The second-order valence-corrected chi connectivity index (χ2v) is 2.16. The van der Waals surface area contributed by atoms with Gasteiger partial charge in [0.2, 0.25) is 5.78 Å². The summed E-state index contributed by atoms with van der Waals surface area (Å²) in [7, 11) is 2.87. The molecule has 0 unspecified atom stereocenters. The molecule has 0 spiro atoms. The van der Waals surface area contributed by atoms with Crippen LogP contribution < -0.4 is 0 Å². The van der Waals surface area contributed by atoms with Crippen LogP contribution in [0.5, 0.6) is 0 Å². The molecule has 3 heteroatoms. The molecule has 0 aromatic heterocycles. The third kappa shape index (κ3) is 1.25. The van der Waals surface area contributed by atoms with Crippen LogP contribution in [-0.2, 0) is 14.3 Å². The van der Waals surface area contributed by atoms with Gasteiger partial charge in [-0.05, 0) is 12.2 Å². The second kappa shape index (κ2) is 2.98. The van der Waals surface area contributed by atoms with Crippen molar-refractivity contribution in [1.29, 1.82) is 0 Å². The molecule has 1 aliphatic carbocycles. The average Bonchev–Trinajstić information content (AvgIpc) is 2.06. The van der Waals surface area contributed by atoms with Gasteiger partial charge in [-0.15, -0.1) is 0 Å². The molecule has 0 aliphatic heterocycles. The van der Waals surface area contributed by atoms with E-state index < -0.39 is 5.79 Å². The van der Waals surface area contributed by atoms with Gasteiger partial charge in [-0.2, -0.15) is 0 Å². The van der Waals surface area contributed by atoms with Crippen molar-refractivity contribution in [2.24, 2.45) is 0 Å². The first-order valence-corrected chi connectivity index (χ1v) is 3.26. The van der Waals surface area contributed by atoms with Crippen molar-refractivity contribution >= 4 is 5.78 Å². The summed E-state index contributed by atoms with van der Waals surface area (Å²) in [6.07, 6.45) is 6.37. The lowest BCUT2D eigenvalue weighted by atomic mass is 10.1. The summed E-state index contributed by atoms with van der Waals surface area (Å²) in [6.45, 7) is 0. The van der Waals surface area contributed by atoms with Crippen LogP contribution in [-0.4, -0.2) is 25.8 Å². The summed E-state index contributed by atoms with van der Waals surface area (Å²) in [5, 5.41) is 0. The Morgan fingerprint density at radius 3 is 2.27 bits per heavy atom. The fourth-order valence-corrected chi connectivity index (χ4v) is 0.944. The van der Waals surface area contributed by atoms with E-state index in [0.717, 1.165) is 0 Å². The first-order chi connectivity index (χ1) is 5.25. The SMILES string of the molecule is COC1(OC)C=CC=CC1=O. The van der Waals surface area contributed by atoms with Crippen molar-refractivity contribution in [2.45, 2.75) is 5.79 Å². The Morgan fingerprint density at radius 2 is 1.91 bits per heavy atom. The molecule has 0 heterocycles. The maximum Gasteiger partial charge on any atom is 0.253 e. The van der Waals surface area contributed by atoms with Gasteiger partial charge < -0.3 is 9.47 Å². The van der Waals surface area contributed by atoms with Crippen molar-refractivity contribution in [3.05, 3.63) is 24.3 Å². The highest BCUT2D eigenvalue weighted by atomic mass is 16.7. The van der Waals surface area contributed by atoms with E-state index in [1.807, 2.05) is 0 Å². The molecule has 1 rings (SSSR count). The number of carbonyl (C=O) groups is 1. The minimum absolute atomic E-state index is 0.190. The molecule has 1 aliphatic rings. The summed E-state index contributed by atoms with van der Waals surface area (Å²) in [5.41, 5.74) is 0. The summed E-state index contributed by atoms with van der Waals surface area (Å²) in [4.78, 5) is 11.2. The smallest absolute Gasteiger partial charge is 0.253 e. The van der Waals surface area contributed by atoms with Gasteiger partial charge in [0, 0.05) is 14.2 Å². The molecule has 60 valence electrons. The quantitative estimate of drug-likeness (QED) is 0.548. The van der Waals surface area contributed by atoms with E-state index in [0.29, 0.717) is 0 Å². The van der Waals surface area contributed by atoms with Crippen LogP contribution >= 0.6 is 0 Å². The van der Waals surface area contributed by atoms with Crippen molar-refractivity contribution in [2.75, 3.05) is 14.2 Å². The molecule has 0 saturated heterocycles. The first-order valence-electron chi connectivity index (χ1n) is 3.26. The lowest BCUT2D eigenvalue weighted by Crippen LogP contribution is -2.40. The van der Waals surface area contributed by atoms with Crippen molar-refractivity contribution in [3.8, 4) is 0 Å². The number of ether oxygens (including phenoxy) is 2. The molecule has 11 heavy (non-hydrogen) atoms. The van der Waals surface area contributed by atoms with Crippen molar-refractivity contribution < 1.29 is 14.3 Å². The van der Waals surface area contributed by atoms with E-state index >= 15 is 0 Å². The molecule has 0 aromatic carbocycles. The van der Waals surface area contributed by atoms with Gasteiger partial charge in [-0.1, -0.05) is 12.2 Å². The number of ketones is 1. The monoisotopic (exact) mass is 154 g/mol. The van der Waals surface area contributed by atoms with Gasteiger partial charge in [0.15, 0.2) is 0 Å². The molecule has 0 bridgehead atoms. The van der Waals surface area contributed by atoms with Gasteiger partial charge in [-0.3, -0.25) is 4.79 Å². The molecule has 0 radical (unpaired) electrons. The minimum Gasteiger partial charge on any atom is -0.344 e. The van der Waals surface area contributed by atoms with Crippen LogP contribution in [0.4, 0.5) is 0 Å². The predicted molar refractivity (Wildman–Crippen MR) is 40.0 cm³/mol. The van der Waals surface area contributed by atoms with E-state index in [9.17, 15) is 4.79 Å². The maximum absolute atomic E-state index is 11.2. The van der Waals surface area contributed by atoms with Crippen LogP contribution in [0.25, 0.3) is 0 Å². The third-order valence-corrected chi connectivity index (χ3v) is 1.62. The maximum atomic E-state index is 11.2. The Bertz CT molecular complexity index is 211. The zero-order valence-electron chi connectivity index (χ0n) is 6.53. The highest BCUT2D eigenvalue weighted by Crippen LogP contribution is 2.18. The van der Waals surface area contributed by atoms with Gasteiger partial charge >= 0.3 is 0 Å². The second-order valence-electron chi connectivity index (χ2n) is 2.16. The molecule has 0 aromatic rings. The topological polar surface area (TPSA) is 35.5 Å². The summed E-state index contributed by atoms with van der Waals surface area (Å²) < 4.78 is 9.86. The number of rotatable bonds is 2. The van der Waals surface area contributed by atoms with Gasteiger partial charge in [0.1, 0.15) is 0 Å². The lowest BCUT2D eigenvalue weighted by Gasteiger charge is -2.25. The van der Waals surface area contributed by atoms with Crippen LogP contribution in [0.15, 0.2) is 24.3 Å². The number of hydrogen-bond donors (Lipinski definition) is 0. The highest BCUT2D eigenvalue weighted by molar-refractivity contribution is 5.98. The Balaban J connectivity index is 2.91. The first kappa shape index (κ1) is 8.17. The number of methoxy groups -OCH3 is 2. The fraction of sp³-hybridized carbons (Fsp3) is 0.375. The molecule has 0 saturated carbocycles. The fourth-order valence-electron chi connectivity index (χ4n) is 0.944. The van der Waals surface area contributed by atoms with Crippen LogP contribution in [0.3, 0.4) is 0 Å². The zero-order chi connectivity index (χ0) is 8.32.